The minimum atomic E-state index is 0.0946. The molecule has 2 aliphatic rings. The van der Waals surface area contributed by atoms with Gasteiger partial charge in [0.25, 0.3) is 5.91 Å². The number of piperidine rings is 1. The van der Waals surface area contributed by atoms with Crippen LogP contribution >= 0.6 is 22.6 Å². The van der Waals surface area contributed by atoms with Gasteiger partial charge in [-0.25, -0.2) is 4.98 Å². The summed E-state index contributed by atoms with van der Waals surface area (Å²) in [6.07, 6.45) is 2.91. The molecule has 4 aromatic rings. The first-order valence-electron chi connectivity index (χ1n) is 10.4. The Morgan fingerprint density at radius 3 is 2.77 bits per heavy atom. The van der Waals surface area contributed by atoms with Crippen molar-refractivity contribution < 1.29 is 4.79 Å². The van der Waals surface area contributed by atoms with Crippen molar-refractivity contribution in [2.75, 3.05) is 18.8 Å². The van der Waals surface area contributed by atoms with Crippen LogP contribution in [0.4, 0.5) is 5.82 Å². The Morgan fingerprint density at radius 2 is 2.00 bits per heavy atom. The number of carbonyl (C=O) groups is 1. The SMILES string of the molecule is Cc1ccc([C@]23C[C@H]2CN(C(=O)c2cc4c(cc2I)nc(N)c2cnn(C)c24)C3)cc1. The van der Waals surface area contributed by atoms with E-state index in [1.54, 1.807) is 10.9 Å². The van der Waals surface area contributed by atoms with E-state index in [9.17, 15) is 4.79 Å². The highest BCUT2D eigenvalue weighted by molar-refractivity contribution is 14.1. The number of anilines is 1. The van der Waals surface area contributed by atoms with Crippen LogP contribution in [0.5, 0.6) is 0 Å². The third kappa shape index (κ3) is 2.71. The second-order valence-corrected chi connectivity index (χ2v) is 10.1. The zero-order chi connectivity index (χ0) is 21.5. The molecule has 156 valence electrons. The zero-order valence-electron chi connectivity index (χ0n) is 17.4. The average molecular weight is 523 g/mol. The number of nitrogens with two attached hydrogens (primary N) is 1. The number of aromatic nitrogens is 3. The molecule has 1 saturated heterocycles. The largest absolute Gasteiger partial charge is 0.383 e. The number of likely N-dealkylation sites (tertiary alicyclic amines) is 1. The van der Waals surface area contributed by atoms with Crippen LogP contribution in [0.3, 0.4) is 0 Å². The quantitative estimate of drug-likeness (QED) is 0.403. The lowest BCUT2D eigenvalue weighted by molar-refractivity contribution is 0.0771. The van der Waals surface area contributed by atoms with Gasteiger partial charge < -0.3 is 10.6 Å². The number of halogens is 1. The van der Waals surface area contributed by atoms with Crippen LogP contribution < -0.4 is 5.73 Å². The fourth-order valence-electron chi connectivity index (χ4n) is 5.28. The fraction of sp³-hybridized carbons (Fsp3) is 0.292. The molecule has 2 aromatic heterocycles. The molecule has 1 amide bonds. The number of benzene rings is 2. The van der Waals surface area contributed by atoms with Crippen LogP contribution in [-0.4, -0.2) is 38.7 Å². The molecule has 0 radical (unpaired) electrons. The summed E-state index contributed by atoms with van der Waals surface area (Å²) in [7, 11) is 1.89. The smallest absolute Gasteiger partial charge is 0.254 e. The summed E-state index contributed by atoms with van der Waals surface area (Å²) in [4.78, 5) is 20.2. The number of nitrogens with zero attached hydrogens (tertiary/aromatic N) is 4. The van der Waals surface area contributed by atoms with Gasteiger partial charge in [-0.1, -0.05) is 29.8 Å². The van der Waals surface area contributed by atoms with Crippen molar-refractivity contribution in [3.05, 3.63) is 62.9 Å². The summed E-state index contributed by atoms with van der Waals surface area (Å²) in [6.45, 7) is 3.72. The molecule has 6 nitrogen and oxygen atoms in total. The molecule has 0 bridgehead atoms. The number of amides is 1. The van der Waals surface area contributed by atoms with Crippen LogP contribution in [0.1, 0.15) is 27.9 Å². The lowest BCUT2D eigenvalue weighted by atomic mass is 9.94. The van der Waals surface area contributed by atoms with Gasteiger partial charge in [-0.15, -0.1) is 0 Å². The number of fused-ring (bicyclic) bond motifs is 4. The molecule has 2 fully saturated rings. The van der Waals surface area contributed by atoms with Crippen LogP contribution in [0.15, 0.2) is 42.6 Å². The van der Waals surface area contributed by atoms with Crippen molar-refractivity contribution >= 4 is 56.1 Å². The Balaban J connectivity index is 1.39. The van der Waals surface area contributed by atoms with E-state index in [1.807, 2.05) is 24.1 Å². The van der Waals surface area contributed by atoms with Gasteiger partial charge >= 0.3 is 0 Å². The molecule has 2 N–H and O–H groups in total. The van der Waals surface area contributed by atoms with Gasteiger partial charge in [-0.3, -0.25) is 9.48 Å². The zero-order valence-corrected chi connectivity index (χ0v) is 19.6. The first-order chi connectivity index (χ1) is 14.9. The maximum Gasteiger partial charge on any atom is 0.254 e. The van der Waals surface area contributed by atoms with Crippen LogP contribution in [0.25, 0.3) is 21.8 Å². The number of aryl methyl sites for hydroxylation is 2. The van der Waals surface area contributed by atoms with Gasteiger partial charge in [0.1, 0.15) is 5.82 Å². The molecule has 31 heavy (non-hydrogen) atoms. The van der Waals surface area contributed by atoms with E-state index in [4.69, 9.17) is 5.73 Å². The molecule has 6 rings (SSSR count). The Kier molecular flexibility index (Phi) is 3.94. The highest BCUT2D eigenvalue weighted by Crippen LogP contribution is 2.59. The summed E-state index contributed by atoms with van der Waals surface area (Å²) >= 11 is 2.24. The Hall–Kier alpha value is -2.68. The summed E-state index contributed by atoms with van der Waals surface area (Å²) in [6, 6.07) is 12.7. The molecule has 7 heteroatoms. The first kappa shape index (κ1) is 19.0. The Morgan fingerprint density at radius 1 is 1.23 bits per heavy atom. The Labute approximate surface area is 193 Å². The van der Waals surface area contributed by atoms with Gasteiger partial charge in [0.2, 0.25) is 0 Å². The highest BCUT2D eigenvalue weighted by atomic mass is 127. The molecular weight excluding hydrogens is 501 g/mol. The molecule has 1 aliphatic heterocycles. The molecule has 0 spiro atoms. The van der Waals surface area contributed by atoms with E-state index in [1.165, 1.54) is 17.5 Å². The van der Waals surface area contributed by atoms with Crippen molar-refractivity contribution in [1.82, 2.24) is 19.7 Å². The molecule has 3 heterocycles. The van der Waals surface area contributed by atoms with Crippen LogP contribution in [-0.2, 0) is 12.5 Å². The van der Waals surface area contributed by atoms with E-state index in [0.717, 1.165) is 44.0 Å². The van der Waals surface area contributed by atoms with Gasteiger partial charge in [-0.05, 0) is 59.5 Å². The van der Waals surface area contributed by atoms with E-state index in [-0.39, 0.29) is 11.3 Å². The Bertz CT molecular complexity index is 1390. The van der Waals surface area contributed by atoms with Crippen molar-refractivity contribution in [1.29, 1.82) is 0 Å². The second kappa shape index (κ2) is 6.41. The minimum Gasteiger partial charge on any atom is -0.383 e. The molecule has 2 aromatic carbocycles. The van der Waals surface area contributed by atoms with Gasteiger partial charge in [0.15, 0.2) is 0 Å². The number of pyridine rings is 1. The summed E-state index contributed by atoms with van der Waals surface area (Å²) in [5.74, 6) is 1.12. The van der Waals surface area contributed by atoms with Crippen LogP contribution in [0, 0.1) is 16.4 Å². The number of nitrogen functional groups attached to an aromatic ring is 1. The molecular formula is C24H22IN5O. The molecule has 1 saturated carbocycles. The molecule has 2 atom stereocenters. The van der Waals surface area contributed by atoms with Crippen molar-refractivity contribution in [2.45, 2.75) is 18.8 Å². The third-order valence-corrected chi connectivity index (χ3v) is 7.98. The van der Waals surface area contributed by atoms with Gasteiger partial charge in [0, 0.05) is 34.5 Å². The molecule has 0 unspecified atom stereocenters. The topological polar surface area (TPSA) is 77.0 Å². The summed E-state index contributed by atoms with van der Waals surface area (Å²) < 4.78 is 2.70. The normalized spacial score (nSPS) is 22.3. The number of hydrogen-bond donors (Lipinski definition) is 1. The predicted molar refractivity (Wildman–Crippen MR) is 130 cm³/mol. The first-order valence-corrected chi connectivity index (χ1v) is 11.5. The monoisotopic (exact) mass is 523 g/mol. The summed E-state index contributed by atoms with van der Waals surface area (Å²) in [5, 5.41) is 6.07. The van der Waals surface area contributed by atoms with Gasteiger partial charge in [-0.2, -0.15) is 5.10 Å². The van der Waals surface area contributed by atoms with Crippen molar-refractivity contribution in [3.63, 3.8) is 0 Å². The van der Waals surface area contributed by atoms with Crippen molar-refractivity contribution in [3.8, 4) is 0 Å². The van der Waals surface area contributed by atoms with E-state index in [2.05, 4.69) is 63.9 Å². The van der Waals surface area contributed by atoms with Gasteiger partial charge in [0.05, 0.1) is 28.2 Å². The maximum atomic E-state index is 13.6. The standard InChI is InChI=1S/C24H22IN5O/c1-13-3-5-14(6-4-13)24-9-15(24)11-30(12-24)23(31)16-7-17-20(8-19(16)25)28-22(26)18-10-27-29(2)21(17)18/h3-8,10,15H,9,11-12H2,1-2H3,(H2,26,28)/t15-,24+/m0/s1. The number of hydrogen-bond acceptors (Lipinski definition) is 4. The summed E-state index contributed by atoms with van der Waals surface area (Å²) in [5.41, 5.74) is 11.3. The predicted octanol–water partition coefficient (Wildman–Crippen LogP) is 4.03. The fourth-order valence-corrected chi connectivity index (χ4v) is 5.96. The third-order valence-electron chi connectivity index (χ3n) is 7.09. The second-order valence-electron chi connectivity index (χ2n) is 8.99. The van der Waals surface area contributed by atoms with Crippen LogP contribution in [0.2, 0.25) is 0 Å². The highest BCUT2D eigenvalue weighted by Gasteiger charge is 2.61. The number of rotatable bonds is 2. The minimum absolute atomic E-state index is 0.0946. The lowest BCUT2D eigenvalue weighted by Gasteiger charge is -2.22. The van der Waals surface area contributed by atoms with E-state index in [0.29, 0.717) is 11.7 Å². The van der Waals surface area contributed by atoms with E-state index >= 15 is 0 Å². The molecule has 1 aliphatic carbocycles. The number of carbonyl (C=O) groups excluding carboxylic acids is 1. The average Bonchev–Trinajstić information content (AvgIpc) is 3.09. The lowest BCUT2D eigenvalue weighted by Crippen LogP contribution is -2.33. The maximum absolute atomic E-state index is 13.6. The van der Waals surface area contributed by atoms with E-state index < -0.39 is 0 Å². The van der Waals surface area contributed by atoms with Crippen molar-refractivity contribution in [2.24, 2.45) is 13.0 Å².